The summed E-state index contributed by atoms with van der Waals surface area (Å²) in [6.45, 7) is 6.16. The van der Waals surface area contributed by atoms with Crippen molar-refractivity contribution in [1.29, 1.82) is 0 Å². The molecule has 2 aromatic rings. The van der Waals surface area contributed by atoms with Crippen LogP contribution in [0.3, 0.4) is 0 Å². The summed E-state index contributed by atoms with van der Waals surface area (Å²) in [7, 11) is 0. The van der Waals surface area contributed by atoms with Gasteiger partial charge in [0.15, 0.2) is 0 Å². The number of aliphatic hydroxyl groups is 1. The van der Waals surface area contributed by atoms with E-state index in [4.69, 9.17) is 0 Å². The van der Waals surface area contributed by atoms with Crippen LogP contribution in [0.5, 0.6) is 0 Å². The highest BCUT2D eigenvalue weighted by atomic mass is 32.1. The Hall–Kier alpha value is -1.12. The van der Waals surface area contributed by atoms with E-state index in [1.54, 1.807) is 11.3 Å². The molecule has 0 saturated carbocycles. The zero-order valence-corrected chi connectivity index (χ0v) is 10.6. The van der Waals surface area contributed by atoms with Crippen LogP contribution in [-0.4, -0.2) is 5.11 Å². The molecule has 0 radical (unpaired) electrons. The summed E-state index contributed by atoms with van der Waals surface area (Å²) < 4.78 is 0. The lowest BCUT2D eigenvalue weighted by atomic mass is 10.0. The maximum Gasteiger partial charge on any atom is 0.113 e. The number of hydrogen-bond acceptors (Lipinski definition) is 2. The van der Waals surface area contributed by atoms with Gasteiger partial charge in [0, 0.05) is 4.88 Å². The Labute approximate surface area is 100 Å². The maximum atomic E-state index is 10.3. The van der Waals surface area contributed by atoms with E-state index in [1.165, 1.54) is 11.1 Å². The lowest BCUT2D eigenvalue weighted by Gasteiger charge is -2.12. The number of thiophene rings is 1. The van der Waals surface area contributed by atoms with Gasteiger partial charge in [0.25, 0.3) is 0 Å². The Bertz CT molecular complexity index is 479. The van der Waals surface area contributed by atoms with Gasteiger partial charge in [0.1, 0.15) is 6.10 Å². The lowest BCUT2D eigenvalue weighted by Crippen LogP contribution is -1.99. The zero-order chi connectivity index (χ0) is 11.7. The van der Waals surface area contributed by atoms with E-state index in [-0.39, 0.29) is 0 Å². The van der Waals surface area contributed by atoms with Crippen molar-refractivity contribution < 1.29 is 5.11 Å². The average Bonchev–Trinajstić information content (AvgIpc) is 2.62. The van der Waals surface area contributed by atoms with E-state index in [2.05, 4.69) is 32.0 Å². The smallest absolute Gasteiger partial charge is 0.113 e. The minimum Gasteiger partial charge on any atom is -0.383 e. The lowest BCUT2D eigenvalue weighted by molar-refractivity contribution is 0.223. The SMILES string of the molecule is Cc1cc(C)cc(C(O)c2sccc2C)c1. The minimum atomic E-state index is -0.487. The van der Waals surface area contributed by atoms with Crippen molar-refractivity contribution in [1.82, 2.24) is 0 Å². The molecule has 0 saturated heterocycles. The van der Waals surface area contributed by atoms with Gasteiger partial charge in [-0.25, -0.2) is 0 Å². The Balaban J connectivity index is 2.41. The predicted molar refractivity (Wildman–Crippen MR) is 69.0 cm³/mol. The highest BCUT2D eigenvalue weighted by Gasteiger charge is 2.14. The van der Waals surface area contributed by atoms with Crippen LogP contribution < -0.4 is 0 Å². The first kappa shape index (κ1) is 11.4. The Morgan fingerprint density at radius 1 is 1.06 bits per heavy atom. The van der Waals surface area contributed by atoms with Gasteiger partial charge in [-0.3, -0.25) is 0 Å². The van der Waals surface area contributed by atoms with Crippen molar-refractivity contribution in [2.24, 2.45) is 0 Å². The van der Waals surface area contributed by atoms with Crippen LogP contribution in [0.4, 0.5) is 0 Å². The first-order chi connectivity index (χ1) is 7.58. The third-order valence-corrected chi connectivity index (χ3v) is 3.78. The summed E-state index contributed by atoms with van der Waals surface area (Å²) in [5.74, 6) is 0. The molecule has 1 aromatic carbocycles. The van der Waals surface area contributed by atoms with Crippen LogP contribution in [0.15, 0.2) is 29.6 Å². The van der Waals surface area contributed by atoms with E-state index in [0.29, 0.717) is 0 Å². The normalized spacial score (nSPS) is 12.8. The largest absolute Gasteiger partial charge is 0.383 e. The van der Waals surface area contributed by atoms with Gasteiger partial charge in [-0.15, -0.1) is 11.3 Å². The summed E-state index contributed by atoms with van der Waals surface area (Å²) in [4.78, 5) is 1.05. The molecular weight excluding hydrogens is 216 g/mol. The van der Waals surface area contributed by atoms with E-state index in [1.807, 2.05) is 18.4 Å². The molecule has 1 atom stereocenters. The summed E-state index contributed by atoms with van der Waals surface area (Å²) in [5.41, 5.74) is 4.55. The van der Waals surface area contributed by atoms with Gasteiger partial charge in [-0.2, -0.15) is 0 Å². The van der Waals surface area contributed by atoms with E-state index in [0.717, 1.165) is 16.0 Å². The Morgan fingerprint density at radius 3 is 2.19 bits per heavy atom. The molecular formula is C14H16OS. The molecule has 16 heavy (non-hydrogen) atoms. The predicted octanol–water partition coefficient (Wildman–Crippen LogP) is 3.76. The molecule has 0 aliphatic rings. The molecule has 1 heterocycles. The van der Waals surface area contributed by atoms with Crippen LogP contribution >= 0.6 is 11.3 Å². The van der Waals surface area contributed by atoms with Gasteiger partial charge in [0.05, 0.1) is 0 Å². The van der Waals surface area contributed by atoms with E-state index >= 15 is 0 Å². The zero-order valence-electron chi connectivity index (χ0n) is 9.82. The highest BCUT2D eigenvalue weighted by Crippen LogP contribution is 2.30. The first-order valence-corrected chi connectivity index (χ1v) is 6.26. The van der Waals surface area contributed by atoms with Crippen molar-refractivity contribution in [3.8, 4) is 0 Å². The molecule has 1 N–H and O–H groups in total. The second kappa shape index (κ2) is 4.40. The van der Waals surface area contributed by atoms with Gasteiger partial charge in [0.2, 0.25) is 0 Å². The quantitative estimate of drug-likeness (QED) is 0.836. The van der Waals surface area contributed by atoms with Crippen LogP contribution in [0.25, 0.3) is 0 Å². The highest BCUT2D eigenvalue weighted by molar-refractivity contribution is 7.10. The first-order valence-electron chi connectivity index (χ1n) is 5.38. The van der Waals surface area contributed by atoms with Gasteiger partial charge in [-0.05, 0) is 43.3 Å². The number of aliphatic hydroxyl groups excluding tert-OH is 1. The molecule has 0 spiro atoms. The maximum absolute atomic E-state index is 10.3. The number of aryl methyl sites for hydroxylation is 3. The van der Waals surface area contributed by atoms with Crippen LogP contribution in [-0.2, 0) is 0 Å². The van der Waals surface area contributed by atoms with E-state index in [9.17, 15) is 5.11 Å². The van der Waals surface area contributed by atoms with Crippen LogP contribution in [0.1, 0.15) is 33.2 Å². The van der Waals surface area contributed by atoms with Crippen molar-refractivity contribution in [3.05, 3.63) is 56.8 Å². The Kier molecular flexibility index (Phi) is 3.13. The van der Waals surface area contributed by atoms with Crippen molar-refractivity contribution >= 4 is 11.3 Å². The monoisotopic (exact) mass is 232 g/mol. The fourth-order valence-electron chi connectivity index (χ4n) is 1.98. The Morgan fingerprint density at radius 2 is 1.69 bits per heavy atom. The molecule has 0 aliphatic carbocycles. The summed E-state index contributed by atoms with van der Waals surface area (Å²) >= 11 is 1.61. The second-order valence-electron chi connectivity index (χ2n) is 4.29. The fourth-order valence-corrected chi connectivity index (χ4v) is 2.92. The molecule has 1 unspecified atom stereocenters. The van der Waals surface area contributed by atoms with Crippen molar-refractivity contribution in [2.75, 3.05) is 0 Å². The fraction of sp³-hybridized carbons (Fsp3) is 0.286. The summed E-state index contributed by atoms with van der Waals surface area (Å²) in [5, 5.41) is 12.3. The molecule has 1 aromatic heterocycles. The molecule has 1 nitrogen and oxygen atoms in total. The van der Waals surface area contributed by atoms with Gasteiger partial charge < -0.3 is 5.11 Å². The topological polar surface area (TPSA) is 20.2 Å². The molecule has 0 aliphatic heterocycles. The van der Waals surface area contributed by atoms with Crippen LogP contribution in [0, 0.1) is 20.8 Å². The molecule has 0 fully saturated rings. The van der Waals surface area contributed by atoms with Crippen LogP contribution in [0.2, 0.25) is 0 Å². The molecule has 0 bridgehead atoms. The van der Waals surface area contributed by atoms with E-state index < -0.39 is 6.10 Å². The van der Waals surface area contributed by atoms with Gasteiger partial charge >= 0.3 is 0 Å². The molecule has 84 valence electrons. The second-order valence-corrected chi connectivity index (χ2v) is 5.24. The molecule has 0 amide bonds. The third-order valence-electron chi connectivity index (χ3n) is 2.71. The van der Waals surface area contributed by atoms with Gasteiger partial charge in [-0.1, -0.05) is 29.3 Å². The minimum absolute atomic E-state index is 0.487. The summed E-state index contributed by atoms with van der Waals surface area (Å²) in [6.07, 6.45) is -0.487. The number of rotatable bonds is 2. The standard InChI is InChI=1S/C14H16OS/c1-9-6-10(2)8-12(7-9)13(15)14-11(3)4-5-16-14/h4-8,13,15H,1-3H3. The van der Waals surface area contributed by atoms with Crippen molar-refractivity contribution in [2.45, 2.75) is 26.9 Å². The third kappa shape index (κ3) is 2.18. The average molecular weight is 232 g/mol. The molecule has 2 heteroatoms. The number of benzene rings is 1. The summed E-state index contributed by atoms with van der Waals surface area (Å²) in [6, 6.07) is 8.27. The van der Waals surface area contributed by atoms with Crippen molar-refractivity contribution in [3.63, 3.8) is 0 Å². The molecule has 2 rings (SSSR count). The number of hydrogen-bond donors (Lipinski definition) is 1.